The summed E-state index contributed by atoms with van der Waals surface area (Å²) >= 11 is 0. The number of nitrogens with zero attached hydrogens (tertiary/aromatic N) is 2. The van der Waals surface area contributed by atoms with Crippen molar-refractivity contribution in [1.82, 2.24) is 4.90 Å². The molecule has 4 aliphatic rings. The van der Waals surface area contributed by atoms with Gasteiger partial charge in [0.15, 0.2) is 5.78 Å². The van der Waals surface area contributed by atoms with E-state index in [0.717, 1.165) is 29.8 Å². The molecule has 0 aromatic heterocycles. The van der Waals surface area contributed by atoms with Crippen molar-refractivity contribution in [2.75, 3.05) is 11.9 Å². The van der Waals surface area contributed by atoms with Crippen LogP contribution in [0.2, 0.25) is 0 Å². The number of rotatable bonds is 2. The molecule has 1 aromatic carbocycles. The Morgan fingerprint density at radius 1 is 1.21 bits per heavy atom. The predicted molar refractivity (Wildman–Crippen MR) is 128 cm³/mol. The number of likely N-dealkylation sites (tertiary alicyclic amines) is 1. The molecule has 174 valence electrons. The fourth-order valence-electron chi connectivity index (χ4n) is 7.75. The van der Waals surface area contributed by atoms with Gasteiger partial charge in [-0.3, -0.25) is 9.69 Å². The Bertz CT molecular complexity index is 1070. The number of urea groups is 1. The fraction of sp³-hybridized carbons (Fsp3) is 0.607. The Kier molecular flexibility index (Phi) is 5.39. The number of fused-ring (bicyclic) bond motifs is 5. The monoisotopic (exact) mass is 445 g/mol. The molecule has 0 spiro atoms. The Morgan fingerprint density at radius 3 is 2.79 bits per heavy atom. The largest absolute Gasteiger partial charge is 0.326 e. The van der Waals surface area contributed by atoms with E-state index in [4.69, 9.17) is 0 Å². The van der Waals surface area contributed by atoms with Gasteiger partial charge in [0, 0.05) is 35.8 Å². The number of allylic oxidation sites excluding steroid dienone is 2. The first-order valence-electron chi connectivity index (χ1n) is 12.7. The third kappa shape index (κ3) is 3.50. The number of hydrogen-bond acceptors (Lipinski definition) is 3. The van der Waals surface area contributed by atoms with Gasteiger partial charge in [-0.1, -0.05) is 27.2 Å². The van der Waals surface area contributed by atoms with Crippen molar-refractivity contribution < 1.29 is 9.59 Å². The lowest BCUT2D eigenvalue weighted by Gasteiger charge is -2.59. The standard InChI is InChI=1S/C28H35N3O2/c1-4-19-14-18(16-29)7-8-24(19)30-26(33)31-17-21-22-6-5-11-27(22,2)12-10-23(21)28(3)13-9-20(32)15-25(28)31/h7-8,14-15,21-23H,4-6,9-13,17H2,1-3H3,(H,30,33)/t21-,22-,23-,27-,28+/m0/s1. The first-order chi connectivity index (χ1) is 15.8. The van der Waals surface area contributed by atoms with Gasteiger partial charge in [-0.25, -0.2) is 4.79 Å². The van der Waals surface area contributed by atoms with E-state index in [1.807, 2.05) is 24.0 Å². The molecule has 0 bridgehead atoms. The molecule has 1 aliphatic heterocycles. The third-order valence-electron chi connectivity index (χ3n) is 9.60. The van der Waals surface area contributed by atoms with Crippen LogP contribution in [0.5, 0.6) is 0 Å². The van der Waals surface area contributed by atoms with Crippen LogP contribution in [0.1, 0.15) is 76.8 Å². The van der Waals surface area contributed by atoms with Crippen molar-refractivity contribution in [3.05, 3.63) is 41.1 Å². The van der Waals surface area contributed by atoms with E-state index in [0.29, 0.717) is 41.7 Å². The number of piperidine rings is 1. The van der Waals surface area contributed by atoms with Gasteiger partial charge in [0.1, 0.15) is 0 Å². The summed E-state index contributed by atoms with van der Waals surface area (Å²) in [6, 6.07) is 7.46. The molecule has 5 rings (SSSR count). The minimum absolute atomic E-state index is 0.129. The number of anilines is 1. The molecule has 1 heterocycles. The molecule has 1 aromatic rings. The second kappa shape index (κ2) is 8.01. The molecule has 5 heteroatoms. The Balaban J connectivity index is 1.50. The first kappa shape index (κ1) is 22.2. The normalized spacial score (nSPS) is 35.1. The number of aryl methyl sites for hydroxylation is 1. The Morgan fingerprint density at radius 2 is 2.03 bits per heavy atom. The van der Waals surface area contributed by atoms with Gasteiger partial charge in [0.25, 0.3) is 0 Å². The second-order valence-electron chi connectivity index (χ2n) is 11.3. The van der Waals surface area contributed by atoms with Crippen LogP contribution in [0.3, 0.4) is 0 Å². The zero-order chi connectivity index (χ0) is 23.4. The number of hydrogen-bond donors (Lipinski definition) is 1. The van der Waals surface area contributed by atoms with Crippen LogP contribution in [0.25, 0.3) is 0 Å². The van der Waals surface area contributed by atoms with Crippen molar-refractivity contribution in [3.8, 4) is 6.07 Å². The van der Waals surface area contributed by atoms with Crippen LogP contribution >= 0.6 is 0 Å². The molecule has 2 amide bonds. The summed E-state index contributed by atoms with van der Waals surface area (Å²) in [4.78, 5) is 28.1. The molecule has 5 nitrogen and oxygen atoms in total. The highest BCUT2D eigenvalue weighted by atomic mass is 16.2. The lowest BCUT2D eigenvalue weighted by atomic mass is 9.50. The molecular formula is C28H35N3O2. The van der Waals surface area contributed by atoms with Crippen molar-refractivity contribution in [2.24, 2.45) is 28.6 Å². The summed E-state index contributed by atoms with van der Waals surface area (Å²) in [5.41, 5.74) is 3.49. The molecule has 33 heavy (non-hydrogen) atoms. The maximum atomic E-state index is 13.7. The van der Waals surface area contributed by atoms with E-state index >= 15 is 0 Å². The Labute approximate surface area is 197 Å². The highest BCUT2D eigenvalue weighted by Gasteiger charge is 2.58. The van der Waals surface area contributed by atoms with Crippen LogP contribution in [-0.4, -0.2) is 23.3 Å². The number of amides is 2. The zero-order valence-corrected chi connectivity index (χ0v) is 20.1. The van der Waals surface area contributed by atoms with Crippen LogP contribution in [0, 0.1) is 39.9 Å². The van der Waals surface area contributed by atoms with E-state index in [9.17, 15) is 14.9 Å². The van der Waals surface area contributed by atoms with Crippen molar-refractivity contribution in [2.45, 2.75) is 72.1 Å². The lowest BCUT2D eigenvalue weighted by molar-refractivity contribution is -0.118. The predicted octanol–water partition coefficient (Wildman–Crippen LogP) is 6.05. The van der Waals surface area contributed by atoms with E-state index in [-0.39, 0.29) is 17.2 Å². The van der Waals surface area contributed by atoms with E-state index in [1.54, 1.807) is 12.1 Å². The number of ketones is 1. The van der Waals surface area contributed by atoms with Crippen LogP contribution in [0.15, 0.2) is 30.0 Å². The maximum absolute atomic E-state index is 13.7. The highest BCUT2D eigenvalue weighted by Crippen LogP contribution is 2.63. The van der Waals surface area contributed by atoms with Gasteiger partial charge >= 0.3 is 6.03 Å². The summed E-state index contributed by atoms with van der Waals surface area (Å²) in [6.45, 7) is 7.50. The van der Waals surface area contributed by atoms with Crippen molar-refractivity contribution >= 4 is 17.5 Å². The minimum atomic E-state index is -0.148. The molecule has 0 radical (unpaired) electrons. The first-order valence-corrected chi connectivity index (χ1v) is 12.7. The van der Waals surface area contributed by atoms with E-state index in [2.05, 4.69) is 25.2 Å². The second-order valence-corrected chi connectivity index (χ2v) is 11.3. The average Bonchev–Trinajstić information content (AvgIpc) is 3.21. The lowest BCUT2D eigenvalue weighted by Crippen LogP contribution is -2.59. The minimum Gasteiger partial charge on any atom is -0.307 e. The van der Waals surface area contributed by atoms with Gasteiger partial charge in [0.2, 0.25) is 0 Å². The SMILES string of the molecule is CCc1cc(C#N)ccc1NC(=O)N1C[C@H]2[C@@H]3CCC[C@@]3(C)CC[C@@H]2[C@@]2(C)CCC(=O)C=C12. The van der Waals surface area contributed by atoms with Crippen molar-refractivity contribution in [1.29, 1.82) is 5.26 Å². The summed E-state index contributed by atoms with van der Waals surface area (Å²) < 4.78 is 0. The van der Waals surface area contributed by atoms with Crippen molar-refractivity contribution in [3.63, 3.8) is 0 Å². The van der Waals surface area contributed by atoms with Gasteiger partial charge in [-0.2, -0.15) is 5.26 Å². The van der Waals surface area contributed by atoms with Gasteiger partial charge in [-0.05, 0) is 85.5 Å². The van der Waals surface area contributed by atoms with E-state index < -0.39 is 0 Å². The van der Waals surface area contributed by atoms with Gasteiger partial charge in [0.05, 0.1) is 11.6 Å². The van der Waals surface area contributed by atoms with Gasteiger partial charge in [-0.15, -0.1) is 0 Å². The fourth-order valence-corrected chi connectivity index (χ4v) is 7.75. The third-order valence-corrected chi connectivity index (χ3v) is 9.60. The molecular weight excluding hydrogens is 410 g/mol. The summed E-state index contributed by atoms with van der Waals surface area (Å²) in [5.74, 6) is 1.81. The number of nitrogens with one attached hydrogen (secondary N) is 1. The summed E-state index contributed by atoms with van der Waals surface area (Å²) in [7, 11) is 0. The molecule has 1 N–H and O–H groups in total. The maximum Gasteiger partial charge on any atom is 0.326 e. The van der Waals surface area contributed by atoms with Crippen LogP contribution in [-0.2, 0) is 11.2 Å². The quantitative estimate of drug-likeness (QED) is 0.602. The van der Waals surface area contributed by atoms with Gasteiger partial charge < -0.3 is 5.32 Å². The summed E-state index contributed by atoms with van der Waals surface area (Å²) in [6.07, 6.45) is 10.2. The molecule has 2 saturated carbocycles. The molecule has 3 aliphatic carbocycles. The molecule has 0 unspecified atom stereocenters. The highest BCUT2D eigenvalue weighted by molar-refractivity contribution is 5.95. The smallest absolute Gasteiger partial charge is 0.307 e. The summed E-state index contributed by atoms with van der Waals surface area (Å²) in [5, 5.41) is 12.4. The molecule has 3 fully saturated rings. The zero-order valence-electron chi connectivity index (χ0n) is 20.1. The number of carbonyl (C=O) groups is 2. The topological polar surface area (TPSA) is 73.2 Å². The number of nitriles is 1. The average molecular weight is 446 g/mol. The van der Waals surface area contributed by atoms with Crippen LogP contribution in [0.4, 0.5) is 10.5 Å². The van der Waals surface area contributed by atoms with Crippen LogP contribution < -0.4 is 5.32 Å². The number of carbonyl (C=O) groups excluding carboxylic acids is 2. The van der Waals surface area contributed by atoms with E-state index in [1.165, 1.54) is 32.1 Å². The molecule has 5 atom stereocenters. The Hall–Kier alpha value is -2.61. The molecule has 1 saturated heterocycles. The number of benzene rings is 1.